The molecule has 1 N–H and O–H groups in total. The predicted molar refractivity (Wildman–Crippen MR) is 100 cm³/mol. The molecule has 3 rings (SSSR count). The molecule has 27 heavy (non-hydrogen) atoms. The van der Waals surface area contributed by atoms with E-state index in [4.69, 9.17) is 9.26 Å². The third-order valence-corrected chi connectivity index (χ3v) is 4.34. The molecule has 1 amide bonds. The van der Waals surface area contributed by atoms with Gasteiger partial charge in [0.25, 0.3) is 11.6 Å². The molecule has 1 unspecified atom stereocenters. The normalized spacial score (nSPS) is 12.2. The van der Waals surface area contributed by atoms with Gasteiger partial charge in [-0.15, -0.1) is 0 Å². The van der Waals surface area contributed by atoms with E-state index in [1.807, 2.05) is 44.2 Å². The molecule has 0 fully saturated rings. The molecular weight excluding hydrogens is 346 g/mol. The number of nitrogens with zero attached hydrogens (tertiary/aromatic N) is 2. The van der Waals surface area contributed by atoms with Gasteiger partial charge in [0.05, 0.1) is 29.4 Å². The highest BCUT2D eigenvalue weighted by molar-refractivity contribution is 6.08. The number of fused-ring (bicyclic) bond motifs is 1. The minimum absolute atomic E-state index is 0.129. The molecule has 7 nitrogen and oxygen atoms in total. The number of ether oxygens (including phenoxy) is 1. The molecule has 0 bridgehead atoms. The fourth-order valence-corrected chi connectivity index (χ4v) is 2.87. The lowest BCUT2D eigenvalue weighted by Crippen LogP contribution is -2.45. The molecule has 0 saturated carbocycles. The predicted octanol–water partition coefficient (Wildman–Crippen LogP) is 3.13. The summed E-state index contributed by atoms with van der Waals surface area (Å²) in [6, 6.07) is 10.4. The summed E-state index contributed by atoms with van der Waals surface area (Å²) in [6.07, 6.45) is 0. The van der Waals surface area contributed by atoms with Crippen LogP contribution in [0.15, 0.2) is 40.9 Å². The third-order valence-electron chi connectivity index (χ3n) is 4.34. The van der Waals surface area contributed by atoms with Crippen molar-refractivity contribution in [2.24, 2.45) is 5.92 Å². The Morgan fingerprint density at radius 3 is 2.52 bits per heavy atom. The van der Waals surface area contributed by atoms with Gasteiger partial charge in [-0.1, -0.05) is 49.3 Å². The number of aromatic nitrogens is 2. The fraction of sp³-hybridized carbons (Fsp3) is 0.300. The zero-order valence-corrected chi connectivity index (χ0v) is 15.6. The summed E-state index contributed by atoms with van der Waals surface area (Å²) in [6.45, 7) is 5.42. The standard InChI is InChI=1S/C20H21N3O4/c1-11(2)17(20(25)26-4)22-18(24)14-10-15(13-8-6-5-7-9-13)21-19-16(14)12(3)23-27-19/h5-11,17H,1-4H3,(H,22,24). The number of carbonyl (C=O) groups excluding carboxylic acids is 2. The van der Waals surface area contributed by atoms with E-state index in [-0.39, 0.29) is 11.6 Å². The Kier molecular flexibility index (Phi) is 5.21. The Morgan fingerprint density at radius 1 is 1.19 bits per heavy atom. The second-order valence-corrected chi connectivity index (χ2v) is 6.59. The fourth-order valence-electron chi connectivity index (χ4n) is 2.87. The molecule has 0 aliphatic heterocycles. The molecule has 140 valence electrons. The zero-order valence-electron chi connectivity index (χ0n) is 15.6. The SMILES string of the molecule is COC(=O)C(NC(=O)c1cc(-c2ccccc2)nc2onc(C)c12)C(C)C. The number of hydrogen-bond donors (Lipinski definition) is 1. The van der Waals surface area contributed by atoms with Crippen molar-refractivity contribution in [2.45, 2.75) is 26.8 Å². The van der Waals surface area contributed by atoms with Gasteiger partial charge in [0.15, 0.2) is 0 Å². The number of amides is 1. The summed E-state index contributed by atoms with van der Waals surface area (Å²) in [5.41, 5.74) is 2.62. The average Bonchev–Trinajstić information content (AvgIpc) is 3.06. The summed E-state index contributed by atoms with van der Waals surface area (Å²) in [5.74, 6) is -1.03. The van der Waals surface area contributed by atoms with Crippen LogP contribution >= 0.6 is 0 Å². The lowest BCUT2D eigenvalue weighted by molar-refractivity contribution is -0.144. The lowest BCUT2D eigenvalue weighted by Gasteiger charge is -2.20. The largest absolute Gasteiger partial charge is 0.467 e. The van der Waals surface area contributed by atoms with Crippen molar-refractivity contribution >= 4 is 23.0 Å². The number of hydrogen-bond acceptors (Lipinski definition) is 6. The molecule has 3 aromatic rings. The summed E-state index contributed by atoms with van der Waals surface area (Å²) in [4.78, 5) is 29.5. The molecule has 7 heteroatoms. The highest BCUT2D eigenvalue weighted by Crippen LogP contribution is 2.27. The smallest absolute Gasteiger partial charge is 0.328 e. The second kappa shape index (κ2) is 7.57. The van der Waals surface area contributed by atoms with Gasteiger partial charge in [0.2, 0.25) is 0 Å². The van der Waals surface area contributed by atoms with Gasteiger partial charge in [-0.05, 0) is 18.9 Å². The van der Waals surface area contributed by atoms with Crippen molar-refractivity contribution in [3.63, 3.8) is 0 Å². The Hall–Kier alpha value is -3.22. The summed E-state index contributed by atoms with van der Waals surface area (Å²) in [5, 5.41) is 7.22. The van der Waals surface area contributed by atoms with Crippen LogP contribution in [0.4, 0.5) is 0 Å². The van der Waals surface area contributed by atoms with Gasteiger partial charge in [0.1, 0.15) is 6.04 Å². The van der Waals surface area contributed by atoms with E-state index in [0.29, 0.717) is 22.3 Å². The van der Waals surface area contributed by atoms with Gasteiger partial charge >= 0.3 is 5.97 Å². The molecule has 1 aromatic carbocycles. The second-order valence-electron chi connectivity index (χ2n) is 6.59. The van der Waals surface area contributed by atoms with Gasteiger partial charge in [-0.3, -0.25) is 4.79 Å². The maximum atomic E-state index is 13.0. The number of nitrogens with one attached hydrogen (secondary N) is 1. The first-order chi connectivity index (χ1) is 12.9. The molecule has 2 heterocycles. The van der Waals surface area contributed by atoms with Crippen LogP contribution in [-0.2, 0) is 9.53 Å². The first kappa shape index (κ1) is 18.6. The van der Waals surface area contributed by atoms with Gasteiger partial charge in [0, 0.05) is 5.56 Å². The molecule has 0 aliphatic rings. The third kappa shape index (κ3) is 3.67. The van der Waals surface area contributed by atoms with E-state index in [0.717, 1.165) is 5.56 Å². The van der Waals surface area contributed by atoms with Crippen molar-refractivity contribution in [2.75, 3.05) is 7.11 Å². The number of rotatable bonds is 5. The van der Waals surface area contributed by atoms with Crippen molar-refractivity contribution in [3.8, 4) is 11.3 Å². The van der Waals surface area contributed by atoms with E-state index in [1.54, 1.807) is 13.0 Å². The monoisotopic (exact) mass is 367 g/mol. The molecule has 1 atom stereocenters. The number of aryl methyl sites for hydroxylation is 1. The Morgan fingerprint density at radius 2 is 1.89 bits per heavy atom. The number of carbonyl (C=O) groups is 2. The van der Waals surface area contributed by atoms with Crippen LogP contribution in [0.5, 0.6) is 0 Å². The topological polar surface area (TPSA) is 94.3 Å². The van der Waals surface area contributed by atoms with Crippen LogP contribution in [0.25, 0.3) is 22.4 Å². The van der Waals surface area contributed by atoms with Crippen molar-refractivity contribution in [3.05, 3.63) is 47.7 Å². The molecule has 2 aromatic heterocycles. The van der Waals surface area contributed by atoms with Crippen molar-refractivity contribution < 1.29 is 18.8 Å². The van der Waals surface area contributed by atoms with Crippen LogP contribution in [0.1, 0.15) is 29.9 Å². The Balaban J connectivity index is 2.07. The highest BCUT2D eigenvalue weighted by atomic mass is 16.5. The Bertz CT molecular complexity index is 980. The number of methoxy groups -OCH3 is 1. The number of benzene rings is 1. The molecule has 0 aliphatic carbocycles. The Labute approximate surface area is 156 Å². The first-order valence-corrected chi connectivity index (χ1v) is 8.63. The quantitative estimate of drug-likeness (QED) is 0.696. The highest BCUT2D eigenvalue weighted by Gasteiger charge is 2.27. The van der Waals surface area contributed by atoms with E-state index in [9.17, 15) is 9.59 Å². The van der Waals surface area contributed by atoms with Crippen LogP contribution in [0.2, 0.25) is 0 Å². The maximum absolute atomic E-state index is 13.0. The minimum atomic E-state index is -0.758. The van der Waals surface area contributed by atoms with E-state index in [1.165, 1.54) is 7.11 Å². The van der Waals surface area contributed by atoms with E-state index < -0.39 is 17.9 Å². The summed E-state index contributed by atoms with van der Waals surface area (Å²) < 4.78 is 10.1. The van der Waals surface area contributed by atoms with Crippen LogP contribution in [-0.4, -0.2) is 35.2 Å². The summed E-state index contributed by atoms with van der Waals surface area (Å²) in [7, 11) is 1.30. The minimum Gasteiger partial charge on any atom is -0.467 e. The molecule has 0 saturated heterocycles. The molecule has 0 spiro atoms. The van der Waals surface area contributed by atoms with Gasteiger partial charge in [-0.2, -0.15) is 0 Å². The number of esters is 1. The summed E-state index contributed by atoms with van der Waals surface area (Å²) >= 11 is 0. The molecular formula is C20H21N3O4. The van der Waals surface area contributed by atoms with Gasteiger partial charge in [-0.25, -0.2) is 9.78 Å². The van der Waals surface area contributed by atoms with Crippen LogP contribution in [0.3, 0.4) is 0 Å². The van der Waals surface area contributed by atoms with Crippen LogP contribution in [0, 0.1) is 12.8 Å². The van der Waals surface area contributed by atoms with E-state index >= 15 is 0 Å². The van der Waals surface area contributed by atoms with Crippen molar-refractivity contribution in [1.29, 1.82) is 0 Å². The van der Waals surface area contributed by atoms with Crippen molar-refractivity contribution in [1.82, 2.24) is 15.5 Å². The molecule has 0 radical (unpaired) electrons. The van der Waals surface area contributed by atoms with Gasteiger partial charge < -0.3 is 14.6 Å². The zero-order chi connectivity index (χ0) is 19.6. The lowest BCUT2D eigenvalue weighted by atomic mass is 10.0. The maximum Gasteiger partial charge on any atom is 0.328 e. The average molecular weight is 367 g/mol. The first-order valence-electron chi connectivity index (χ1n) is 8.63. The van der Waals surface area contributed by atoms with Crippen LogP contribution < -0.4 is 5.32 Å². The van der Waals surface area contributed by atoms with E-state index in [2.05, 4.69) is 15.5 Å². The number of pyridine rings is 1.